The first kappa shape index (κ1) is 11.0. The maximum absolute atomic E-state index is 4.31. The summed E-state index contributed by atoms with van der Waals surface area (Å²) < 4.78 is 0. The minimum Gasteiger partial charge on any atom is -0.299 e. The van der Waals surface area contributed by atoms with E-state index in [9.17, 15) is 0 Å². The van der Waals surface area contributed by atoms with Crippen LogP contribution in [0, 0.1) is 5.92 Å². The Balaban J connectivity index is 1.82. The molecule has 0 spiro atoms. The normalized spacial score (nSPS) is 22.1. The highest BCUT2D eigenvalue weighted by Crippen LogP contribution is 2.21. The van der Waals surface area contributed by atoms with Crippen molar-refractivity contribution in [3.05, 3.63) is 35.9 Å². The fraction of sp³-hybridized carbons (Fsp3) is 0.538. The molecule has 0 unspecified atom stereocenters. The smallest absolute Gasteiger partial charge is 0.0233 e. The molecule has 1 nitrogen and oxygen atoms in total. The Morgan fingerprint density at radius 3 is 2.80 bits per heavy atom. The van der Waals surface area contributed by atoms with Gasteiger partial charge in [0.25, 0.3) is 0 Å². The monoisotopic (exact) mass is 221 g/mol. The van der Waals surface area contributed by atoms with E-state index in [1.54, 1.807) is 0 Å². The van der Waals surface area contributed by atoms with E-state index in [2.05, 4.69) is 47.9 Å². The summed E-state index contributed by atoms with van der Waals surface area (Å²) in [5.41, 5.74) is 1.43. The van der Waals surface area contributed by atoms with Crippen molar-refractivity contribution < 1.29 is 0 Å². The van der Waals surface area contributed by atoms with Crippen molar-refractivity contribution in [2.75, 3.05) is 18.8 Å². The number of likely N-dealkylation sites (tertiary alicyclic amines) is 1. The molecule has 0 saturated carbocycles. The number of rotatable bonds is 4. The van der Waals surface area contributed by atoms with Gasteiger partial charge in [0.1, 0.15) is 0 Å². The molecule has 1 heterocycles. The van der Waals surface area contributed by atoms with Crippen molar-refractivity contribution >= 4 is 12.6 Å². The molecule has 1 aliphatic rings. The van der Waals surface area contributed by atoms with Crippen LogP contribution in [-0.2, 0) is 6.54 Å². The molecule has 2 heteroatoms. The first-order chi connectivity index (χ1) is 7.38. The number of thiol groups is 1. The first-order valence-electron chi connectivity index (χ1n) is 5.75. The van der Waals surface area contributed by atoms with Gasteiger partial charge in [0.05, 0.1) is 0 Å². The molecule has 0 aromatic heterocycles. The van der Waals surface area contributed by atoms with Gasteiger partial charge >= 0.3 is 0 Å². The highest BCUT2D eigenvalue weighted by Gasteiger charge is 2.21. The summed E-state index contributed by atoms with van der Waals surface area (Å²) in [5.74, 6) is 1.91. The van der Waals surface area contributed by atoms with Crippen LogP contribution in [0.25, 0.3) is 0 Å². The van der Waals surface area contributed by atoms with Crippen LogP contribution in [0.4, 0.5) is 0 Å². The van der Waals surface area contributed by atoms with E-state index in [0.29, 0.717) is 0 Å². The van der Waals surface area contributed by atoms with Gasteiger partial charge in [-0.05, 0) is 36.6 Å². The van der Waals surface area contributed by atoms with Crippen molar-refractivity contribution in [2.45, 2.75) is 19.4 Å². The molecule has 82 valence electrons. The molecule has 1 aromatic rings. The van der Waals surface area contributed by atoms with Crippen LogP contribution >= 0.6 is 12.6 Å². The fourth-order valence-electron chi connectivity index (χ4n) is 2.32. The predicted octanol–water partition coefficient (Wildman–Crippen LogP) is 2.83. The second-order valence-corrected chi connectivity index (χ2v) is 4.83. The zero-order chi connectivity index (χ0) is 10.5. The van der Waals surface area contributed by atoms with E-state index in [-0.39, 0.29) is 0 Å². The summed E-state index contributed by atoms with van der Waals surface area (Å²) in [5, 5.41) is 0. The van der Waals surface area contributed by atoms with Gasteiger partial charge in [-0.1, -0.05) is 30.3 Å². The van der Waals surface area contributed by atoms with Gasteiger partial charge in [-0.25, -0.2) is 0 Å². The lowest BCUT2D eigenvalue weighted by Gasteiger charge is -2.15. The Kier molecular flexibility index (Phi) is 4.09. The molecule has 15 heavy (non-hydrogen) atoms. The van der Waals surface area contributed by atoms with Crippen LogP contribution < -0.4 is 0 Å². The molecule has 0 amide bonds. The van der Waals surface area contributed by atoms with Crippen molar-refractivity contribution in [2.24, 2.45) is 5.92 Å². The third kappa shape index (κ3) is 3.25. The highest BCUT2D eigenvalue weighted by molar-refractivity contribution is 7.80. The second kappa shape index (κ2) is 5.57. The lowest BCUT2D eigenvalue weighted by Crippen LogP contribution is -2.20. The maximum atomic E-state index is 4.31. The molecule has 0 N–H and O–H groups in total. The van der Waals surface area contributed by atoms with Gasteiger partial charge in [-0.3, -0.25) is 4.90 Å². The van der Waals surface area contributed by atoms with E-state index >= 15 is 0 Å². The Bertz CT molecular complexity index is 286. The lowest BCUT2D eigenvalue weighted by atomic mass is 10.1. The van der Waals surface area contributed by atoms with Gasteiger partial charge in [0, 0.05) is 13.1 Å². The maximum Gasteiger partial charge on any atom is 0.0233 e. The minimum absolute atomic E-state index is 0.881. The standard InChI is InChI=1S/C13H19NS/c15-9-7-13-6-8-14(11-13)10-12-4-2-1-3-5-12/h1-5,13,15H,6-11H2/t13-/m1/s1. The molecular weight excluding hydrogens is 202 g/mol. The van der Waals surface area contributed by atoms with Gasteiger partial charge in [-0.2, -0.15) is 12.6 Å². The topological polar surface area (TPSA) is 3.24 Å². The first-order valence-corrected chi connectivity index (χ1v) is 6.39. The Morgan fingerprint density at radius 2 is 2.07 bits per heavy atom. The van der Waals surface area contributed by atoms with Gasteiger partial charge in [0.2, 0.25) is 0 Å². The Hall–Kier alpha value is -0.470. The van der Waals surface area contributed by atoms with E-state index < -0.39 is 0 Å². The van der Waals surface area contributed by atoms with Crippen molar-refractivity contribution in [3.63, 3.8) is 0 Å². The molecule has 0 bridgehead atoms. The minimum atomic E-state index is 0.881. The molecule has 0 radical (unpaired) electrons. The summed E-state index contributed by atoms with van der Waals surface area (Å²) in [4.78, 5) is 2.56. The summed E-state index contributed by atoms with van der Waals surface area (Å²) in [6, 6.07) is 10.8. The van der Waals surface area contributed by atoms with Crippen LogP contribution in [0.15, 0.2) is 30.3 Å². The van der Waals surface area contributed by atoms with Gasteiger partial charge in [0.15, 0.2) is 0 Å². The third-order valence-corrected chi connectivity index (χ3v) is 3.41. The average Bonchev–Trinajstić information content (AvgIpc) is 2.68. The molecule has 1 aliphatic heterocycles. The summed E-state index contributed by atoms with van der Waals surface area (Å²) in [6.45, 7) is 3.63. The number of hydrogen-bond donors (Lipinski definition) is 1. The lowest BCUT2D eigenvalue weighted by molar-refractivity contribution is 0.315. The van der Waals surface area contributed by atoms with Gasteiger partial charge in [-0.15, -0.1) is 0 Å². The summed E-state index contributed by atoms with van der Waals surface area (Å²) in [6.07, 6.45) is 2.63. The predicted molar refractivity (Wildman–Crippen MR) is 68.3 cm³/mol. The SMILES string of the molecule is SCC[C@H]1CCN(Cc2ccccc2)C1. The molecule has 1 fully saturated rings. The largest absolute Gasteiger partial charge is 0.299 e. The van der Waals surface area contributed by atoms with Crippen LogP contribution in [0.1, 0.15) is 18.4 Å². The van der Waals surface area contributed by atoms with Gasteiger partial charge < -0.3 is 0 Å². The number of hydrogen-bond acceptors (Lipinski definition) is 2. The number of nitrogens with zero attached hydrogens (tertiary/aromatic N) is 1. The average molecular weight is 221 g/mol. The fourth-order valence-corrected chi connectivity index (χ4v) is 2.68. The molecule has 1 aromatic carbocycles. The number of benzene rings is 1. The zero-order valence-electron chi connectivity index (χ0n) is 9.10. The Morgan fingerprint density at radius 1 is 1.27 bits per heavy atom. The zero-order valence-corrected chi connectivity index (χ0v) is 10.00. The highest BCUT2D eigenvalue weighted by atomic mass is 32.1. The third-order valence-electron chi connectivity index (χ3n) is 3.16. The van der Waals surface area contributed by atoms with E-state index in [1.165, 1.54) is 31.5 Å². The molecule has 1 saturated heterocycles. The van der Waals surface area contributed by atoms with Crippen LogP contribution in [-0.4, -0.2) is 23.7 Å². The van der Waals surface area contributed by atoms with Crippen LogP contribution in [0.2, 0.25) is 0 Å². The molecular formula is C13H19NS. The molecule has 2 rings (SSSR count). The van der Waals surface area contributed by atoms with E-state index in [0.717, 1.165) is 18.2 Å². The van der Waals surface area contributed by atoms with Crippen molar-refractivity contribution in [3.8, 4) is 0 Å². The second-order valence-electron chi connectivity index (χ2n) is 4.39. The molecule has 1 atom stereocenters. The van der Waals surface area contributed by atoms with Crippen molar-refractivity contribution in [1.82, 2.24) is 4.90 Å². The van der Waals surface area contributed by atoms with E-state index in [4.69, 9.17) is 0 Å². The van der Waals surface area contributed by atoms with E-state index in [1.807, 2.05) is 0 Å². The molecule has 0 aliphatic carbocycles. The summed E-state index contributed by atoms with van der Waals surface area (Å²) in [7, 11) is 0. The van der Waals surface area contributed by atoms with Crippen LogP contribution in [0.5, 0.6) is 0 Å². The quantitative estimate of drug-likeness (QED) is 0.765. The Labute approximate surface area is 97.9 Å². The summed E-state index contributed by atoms with van der Waals surface area (Å²) >= 11 is 4.31. The van der Waals surface area contributed by atoms with Crippen LogP contribution in [0.3, 0.4) is 0 Å². The van der Waals surface area contributed by atoms with Crippen molar-refractivity contribution in [1.29, 1.82) is 0 Å².